The summed E-state index contributed by atoms with van der Waals surface area (Å²) in [5.41, 5.74) is -1.28. The normalized spacial score (nSPS) is 20.9. The zero-order valence-electron chi connectivity index (χ0n) is 10.8. The van der Waals surface area contributed by atoms with Crippen LogP contribution >= 0.6 is 0 Å². The van der Waals surface area contributed by atoms with Gasteiger partial charge < -0.3 is 4.42 Å². The molecule has 0 saturated carbocycles. The number of hydrogen-bond donors (Lipinski definition) is 0. The predicted octanol–water partition coefficient (Wildman–Crippen LogP) is 4.02. The van der Waals surface area contributed by atoms with Crippen molar-refractivity contribution in [2.24, 2.45) is 0 Å². The highest BCUT2D eigenvalue weighted by Gasteiger charge is 2.66. The molecule has 3 nitrogen and oxygen atoms in total. The average molecular weight is 317 g/mol. The molecular formula is C14H8F5NO2. The smallest absolute Gasteiger partial charge is 0.416 e. The molecule has 2 aromatic rings. The van der Waals surface area contributed by atoms with Crippen LogP contribution in [-0.4, -0.2) is 11.8 Å². The van der Waals surface area contributed by atoms with E-state index in [2.05, 4.69) is 0 Å². The van der Waals surface area contributed by atoms with Crippen molar-refractivity contribution in [3.05, 3.63) is 54.0 Å². The largest absolute Gasteiger partial charge is 0.467 e. The van der Waals surface area contributed by atoms with E-state index in [1.165, 1.54) is 18.2 Å². The zero-order chi connectivity index (χ0) is 16.1. The van der Waals surface area contributed by atoms with Gasteiger partial charge >= 0.3 is 18.0 Å². The van der Waals surface area contributed by atoms with Crippen LogP contribution in [0.2, 0.25) is 0 Å². The van der Waals surface area contributed by atoms with Gasteiger partial charge in [0.1, 0.15) is 5.76 Å². The lowest BCUT2D eigenvalue weighted by molar-refractivity contribution is -0.164. The number of furan rings is 1. The molecule has 0 unspecified atom stereocenters. The number of β-lactam (4-membered cyclic amide) rings is 1. The fraction of sp³-hybridized carbons (Fsp3) is 0.214. The summed E-state index contributed by atoms with van der Waals surface area (Å²) in [4.78, 5) is 12.2. The molecule has 0 radical (unpaired) electrons. The average Bonchev–Trinajstić information content (AvgIpc) is 2.96. The maximum Gasteiger partial charge on any atom is 0.416 e. The Morgan fingerprint density at radius 1 is 1.14 bits per heavy atom. The molecule has 0 spiro atoms. The Labute approximate surface area is 120 Å². The molecule has 1 atom stereocenters. The van der Waals surface area contributed by atoms with Gasteiger partial charge in [-0.15, -0.1) is 0 Å². The van der Waals surface area contributed by atoms with Crippen molar-refractivity contribution in [1.29, 1.82) is 0 Å². The number of benzene rings is 1. The summed E-state index contributed by atoms with van der Waals surface area (Å²) in [5.74, 6) is -5.47. The van der Waals surface area contributed by atoms with Gasteiger partial charge in [-0.05, 0) is 30.3 Å². The van der Waals surface area contributed by atoms with Gasteiger partial charge in [-0.25, -0.2) is 0 Å². The fourth-order valence-corrected chi connectivity index (χ4v) is 2.34. The van der Waals surface area contributed by atoms with Crippen molar-refractivity contribution in [1.82, 2.24) is 0 Å². The molecule has 1 aliphatic heterocycles. The lowest BCUT2D eigenvalue weighted by Crippen LogP contribution is -2.64. The van der Waals surface area contributed by atoms with Crippen molar-refractivity contribution >= 4 is 11.6 Å². The molecule has 1 fully saturated rings. The number of rotatable bonds is 2. The maximum absolute atomic E-state index is 13.8. The number of alkyl halides is 5. The Hall–Kier alpha value is -2.38. The van der Waals surface area contributed by atoms with Crippen LogP contribution in [0.15, 0.2) is 47.1 Å². The van der Waals surface area contributed by atoms with E-state index in [-0.39, 0.29) is 11.4 Å². The van der Waals surface area contributed by atoms with Gasteiger partial charge in [-0.1, -0.05) is 6.07 Å². The molecule has 1 amide bonds. The Balaban J connectivity index is 2.02. The summed E-state index contributed by atoms with van der Waals surface area (Å²) < 4.78 is 70.5. The van der Waals surface area contributed by atoms with Gasteiger partial charge in [0.05, 0.1) is 11.8 Å². The van der Waals surface area contributed by atoms with E-state index in [9.17, 15) is 26.7 Å². The fourth-order valence-electron chi connectivity index (χ4n) is 2.34. The van der Waals surface area contributed by atoms with Crippen molar-refractivity contribution in [3.63, 3.8) is 0 Å². The third-order valence-electron chi connectivity index (χ3n) is 3.37. The summed E-state index contributed by atoms with van der Waals surface area (Å²) >= 11 is 0. The summed E-state index contributed by atoms with van der Waals surface area (Å²) in [6.07, 6.45) is -3.48. The molecule has 0 aliphatic carbocycles. The van der Waals surface area contributed by atoms with Crippen LogP contribution < -0.4 is 4.90 Å². The molecule has 0 N–H and O–H groups in total. The molecule has 0 bridgehead atoms. The molecule has 22 heavy (non-hydrogen) atoms. The highest BCUT2D eigenvalue weighted by atomic mass is 19.4. The quantitative estimate of drug-likeness (QED) is 0.619. The number of nitrogens with zero attached hydrogens (tertiary/aromatic N) is 1. The lowest BCUT2D eigenvalue weighted by atomic mass is 9.93. The minimum absolute atomic E-state index is 0.193. The van der Waals surface area contributed by atoms with Crippen LogP contribution in [0.25, 0.3) is 0 Å². The number of halogens is 5. The maximum atomic E-state index is 13.8. The first-order chi connectivity index (χ1) is 10.2. The summed E-state index contributed by atoms with van der Waals surface area (Å²) in [6, 6.07) is 4.53. The third kappa shape index (κ3) is 2.06. The Kier molecular flexibility index (Phi) is 3.01. The van der Waals surface area contributed by atoms with Gasteiger partial charge in [0.25, 0.3) is 0 Å². The Morgan fingerprint density at radius 2 is 1.86 bits per heavy atom. The summed E-state index contributed by atoms with van der Waals surface area (Å²) in [7, 11) is 0. The van der Waals surface area contributed by atoms with Crippen molar-refractivity contribution in [3.8, 4) is 0 Å². The van der Waals surface area contributed by atoms with Crippen LogP contribution in [0.5, 0.6) is 0 Å². The highest BCUT2D eigenvalue weighted by Crippen LogP contribution is 2.50. The van der Waals surface area contributed by atoms with E-state index in [1.54, 1.807) is 0 Å². The first-order valence-corrected chi connectivity index (χ1v) is 6.15. The minimum Gasteiger partial charge on any atom is -0.467 e. The second kappa shape index (κ2) is 4.56. The molecule has 2 heterocycles. The Morgan fingerprint density at radius 3 is 2.45 bits per heavy atom. The first kappa shape index (κ1) is 14.6. The highest BCUT2D eigenvalue weighted by molar-refractivity contribution is 6.07. The van der Waals surface area contributed by atoms with Crippen molar-refractivity contribution in [2.75, 3.05) is 4.90 Å². The molecule has 1 aromatic carbocycles. The summed E-state index contributed by atoms with van der Waals surface area (Å²) in [6.45, 7) is 0. The van der Waals surface area contributed by atoms with E-state index in [1.807, 2.05) is 0 Å². The zero-order valence-corrected chi connectivity index (χ0v) is 10.8. The molecule has 116 valence electrons. The Bertz CT molecular complexity index is 708. The van der Waals surface area contributed by atoms with Crippen LogP contribution in [0.1, 0.15) is 17.4 Å². The number of carbonyl (C=O) groups excluding carboxylic acids is 1. The molecular weight excluding hydrogens is 309 g/mol. The molecule has 3 rings (SSSR count). The second-order valence-corrected chi connectivity index (χ2v) is 4.76. The van der Waals surface area contributed by atoms with Crippen LogP contribution in [-0.2, 0) is 11.0 Å². The standard InChI is InChI=1S/C14H8F5NO2/c15-13(16)11(10-5-2-6-22-10)20(12(13)21)9-4-1-3-8(7-9)14(17,18)19/h1-7,11H/t11-/m0/s1. The SMILES string of the molecule is O=C1N(c2cccc(C(F)(F)F)c2)[C@@H](c2ccco2)C1(F)F. The van der Waals surface area contributed by atoms with Crippen molar-refractivity contribution < 1.29 is 31.2 Å². The van der Waals surface area contributed by atoms with Crippen molar-refractivity contribution in [2.45, 2.75) is 18.1 Å². The number of carbonyl (C=O) groups is 1. The van der Waals surface area contributed by atoms with Crippen LogP contribution in [0.3, 0.4) is 0 Å². The van der Waals surface area contributed by atoms with E-state index >= 15 is 0 Å². The van der Waals surface area contributed by atoms with Crippen LogP contribution in [0.4, 0.5) is 27.6 Å². The molecule has 1 aromatic heterocycles. The van der Waals surface area contributed by atoms with E-state index < -0.39 is 29.6 Å². The number of anilines is 1. The molecule has 8 heteroatoms. The summed E-state index contributed by atoms with van der Waals surface area (Å²) in [5, 5.41) is 0. The molecule has 1 saturated heterocycles. The number of hydrogen-bond acceptors (Lipinski definition) is 2. The van der Waals surface area contributed by atoms with E-state index in [0.29, 0.717) is 11.0 Å². The predicted molar refractivity (Wildman–Crippen MR) is 65.3 cm³/mol. The van der Waals surface area contributed by atoms with E-state index in [0.717, 1.165) is 18.4 Å². The minimum atomic E-state index is -4.63. The van der Waals surface area contributed by atoms with Gasteiger partial charge in [-0.3, -0.25) is 9.69 Å². The monoisotopic (exact) mass is 317 g/mol. The lowest BCUT2D eigenvalue weighted by Gasteiger charge is -2.45. The van der Waals surface area contributed by atoms with Gasteiger partial charge in [-0.2, -0.15) is 22.0 Å². The van der Waals surface area contributed by atoms with E-state index in [4.69, 9.17) is 4.42 Å². The van der Waals surface area contributed by atoms with Crippen LogP contribution in [0, 0.1) is 0 Å². The third-order valence-corrected chi connectivity index (χ3v) is 3.37. The topological polar surface area (TPSA) is 33.5 Å². The van der Waals surface area contributed by atoms with Gasteiger partial charge in [0.15, 0.2) is 6.04 Å². The van der Waals surface area contributed by atoms with Gasteiger partial charge in [0, 0.05) is 5.69 Å². The van der Waals surface area contributed by atoms with Gasteiger partial charge in [0.2, 0.25) is 0 Å². The first-order valence-electron chi connectivity index (χ1n) is 6.15. The second-order valence-electron chi connectivity index (χ2n) is 4.76. The number of amides is 1. The molecule has 1 aliphatic rings.